The Hall–Kier alpha value is -0.920. The Kier molecular flexibility index (Phi) is 3.60. The summed E-state index contributed by atoms with van der Waals surface area (Å²) in [6.07, 6.45) is 4.85. The number of aromatic carboxylic acids is 1. The number of carbonyl (C=O) groups is 1. The van der Waals surface area contributed by atoms with Gasteiger partial charge < -0.3 is 5.11 Å². The molecule has 2 aliphatic carbocycles. The molecule has 0 unspecified atom stereocenters. The quantitative estimate of drug-likeness (QED) is 0.807. The first-order chi connectivity index (χ1) is 9.47. The first-order valence-electron chi connectivity index (χ1n) is 6.79. The van der Waals surface area contributed by atoms with E-state index in [0.29, 0.717) is 24.3 Å². The molecule has 0 amide bonds. The van der Waals surface area contributed by atoms with E-state index >= 15 is 0 Å². The van der Waals surface area contributed by atoms with E-state index in [2.05, 4.69) is 4.72 Å². The van der Waals surface area contributed by atoms with Crippen LogP contribution in [0.4, 0.5) is 0 Å². The van der Waals surface area contributed by atoms with Gasteiger partial charge in [0.2, 0.25) is 10.0 Å². The summed E-state index contributed by atoms with van der Waals surface area (Å²) in [5.41, 5.74) is 0. The Morgan fingerprint density at radius 2 is 1.95 bits per heavy atom. The second-order valence-corrected chi connectivity index (χ2v) is 8.32. The summed E-state index contributed by atoms with van der Waals surface area (Å²) >= 11 is 0.937. The predicted octanol–water partition coefficient (Wildman–Crippen LogP) is 2.16. The summed E-state index contributed by atoms with van der Waals surface area (Å²) in [5.74, 6) is 0.733. The fourth-order valence-electron chi connectivity index (χ4n) is 2.63. The van der Waals surface area contributed by atoms with Crippen molar-refractivity contribution in [2.45, 2.75) is 30.6 Å². The molecule has 2 saturated carbocycles. The van der Waals surface area contributed by atoms with Crippen molar-refractivity contribution in [1.82, 2.24) is 4.72 Å². The Bertz CT molecular complexity index is 602. The van der Waals surface area contributed by atoms with Gasteiger partial charge in [-0.05, 0) is 49.5 Å². The summed E-state index contributed by atoms with van der Waals surface area (Å²) < 4.78 is 27.0. The lowest BCUT2D eigenvalue weighted by molar-refractivity contribution is 0.0702. The Morgan fingerprint density at radius 1 is 1.35 bits per heavy atom. The molecule has 1 aromatic rings. The zero-order valence-corrected chi connectivity index (χ0v) is 12.5. The summed E-state index contributed by atoms with van der Waals surface area (Å²) in [7, 11) is -3.58. The molecule has 0 bridgehead atoms. The lowest BCUT2D eigenvalue weighted by atomic mass is 9.99. The number of carboxylic acids is 1. The maximum atomic E-state index is 12.2. The molecule has 1 heterocycles. The third-order valence-electron chi connectivity index (χ3n) is 4.06. The molecule has 3 rings (SSSR count). The van der Waals surface area contributed by atoms with Crippen molar-refractivity contribution in [3.63, 3.8) is 0 Å². The first kappa shape index (κ1) is 14.0. The molecule has 2 fully saturated rings. The highest BCUT2D eigenvalue weighted by atomic mass is 32.2. The highest BCUT2D eigenvalue weighted by molar-refractivity contribution is 7.89. The number of sulfonamides is 1. The summed E-state index contributed by atoms with van der Waals surface area (Å²) in [5, 5.41) is 10.2. The zero-order valence-electron chi connectivity index (χ0n) is 10.9. The van der Waals surface area contributed by atoms with Crippen LogP contribution in [-0.4, -0.2) is 26.0 Å². The molecular weight excluding hydrogens is 298 g/mol. The molecule has 0 radical (unpaired) electrons. The standard InChI is InChI=1S/C13H17NO4S2/c15-13(16)12-5-10(7-19-12)20(17,18)14-6-11(8-1-2-8)9-3-4-9/h5,7-9,11,14H,1-4,6H2,(H,15,16). The fourth-order valence-corrected chi connectivity index (χ4v) is 4.81. The molecule has 0 aliphatic heterocycles. The van der Waals surface area contributed by atoms with E-state index in [1.165, 1.54) is 37.1 Å². The Balaban J connectivity index is 1.66. The van der Waals surface area contributed by atoms with Gasteiger partial charge in [-0.3, -0.25) is 0 Å². The van der Waals surface area contributed by atoms with Crippen LogP contribution < -0.4 is 4.72 Å². The highest BCUT2D eigenvalue weighted by Crippen LogP contribution is 2.48. The van der Waals surface area contributed by atoms with Crippen molar-refractivity contribution in [3.05, 3.63) is 16.3 Å². The van der Waals surface area contributed by atoms with E-state index in [1.807, 2.05) is 0 Å². The molecule has 5 nitrogen and oxygen atoms in total. The van der Waals surface area contributed by atoms with Crippen LogP contribution in [0.2, 0.25) is 0 Å². The van der Waals surface area contributed by atoms with Gasteiger partial charge in [0, 0.05) is 11.9 Å². The largest absolute Gasteiger partial charge is 0.477 e. The average Bonchev–Trinajstić information content (AvgIpc) is 3.30. The first-order valence-corrected chi connectivity index (χ1v) is 9.15. The number of hydrogen-bond donors (Lipinski definition) is 2. The molecule has 20 heavy (non-hydrogen) atoms. The number of rotatable bonds is 7. The van der Waals surface area contributed by atoms with Crippen LogP contribution in [0.3, 0.4) is 0 Å². The van der Waals surface area contributed by atoms with Gasteiger partial charge in [0.15, 0.2) is 0 Å². The van der Waals surface area contributed by atoms with E-state index in [4.69, 9.17) is 5.11 Å². The van der Waals surface area contributed by atoms with Crippen LogP contribution in [0.15, 0.2) is 16.3 Å². The van der Waals surface area contributed by atoms with Crippen molar-refractivity contribution < 1.29 is 18.3 Å². The molecule has 2 aliphatic rings. The number of nitrogens with one attached hydrogen (secondary N) is 1. The third kappa shape index (κ3) is 3.05. The lowest BCUT2D eigenvalue weighted by Crippen LogP contribution is -2.31. The number of hydrogen-bond acceptors (Lipinski definition) is 4. The average molecular weight is 315 g/mol. The van der Waals surface area contributed by atoms with Crippen molar-refractivity contribution in [2.24, 2.45) is 17.8 Å². The van der Waals surface area contributed by atoms with E-state index in [0.717, 1.165) is 11.3 Å². The minimum absolute atomic E-state index is 0.0475. The zero-order chi connectivity index (χ0) is 14.3. The van der Waals surface area contributed by atoms with E-state index in [9.17, 15) is 13.2 Å². The third-order valence-corrected chi connectivity index (χ3v) is 6.53. The monoisotopic (exact) mass is 315 g/mol. The molecule has 110 valence electrons. The van der Waals surface area contributed by atoms with E-state index in [1.54, 1.807) is 0 Å². The van der Waals surface area contributed by atoms with Crippen LogP contribution >= 0.6 is 11.3 Å². The smallest absolute Gasteiger partial charge is 0.345 e. The summed E-state index contributed by atoms with van der Waals surface area (Å²) in [6.45, 7) is 0.482. The van der Waals surface area contributed by atoms with Gasteiger partial charge in [0.1, 0.15) is 4.88 Å². The maximum Gasteiger partial charge on any atom is 0.345 e. The molecule has 0 spiro atoms. The Morgan fingerprint density at radius 3 is 2.40 bits per heavy atom. The SMILES string of the molecule is O=C(O)c1cc(S(=O)(=O)NCC(C2CC2)C2CC2)cs1. The molecule has 0 saturated heterocycles. The van der Waals surface area contributed by atoms with E-state index in [-0.39, 0.29) is 9.77 Å². The van der Waals surface area contributed by atoms with Crippen molar-refractivity contribution in [3.8, 4) is 0 Å². The highest BCUT2D eigenvalue weighted by Gasteiger charge is 2.41. The van der Waals surface area contributed by atoms with Crippen molar-refractivity contribution >= 4 is 27.3 Å². The summed E-state index contributed by atoms with van der Waals surface area (Å²) in [4.78, 5) is 10.9. The normalized spacial score (nSPS) is 19.4. The van der Waals surface area contributed by atoms with Gasteiger partial charge in [0.05, 0.1) is 4.90 Å². The minimum atomic E-state index is -3.58. The molecule has 0 aromatic carbocycles. The summed E-state index contributed by atoms with van der Waals surface area (Å²) in [6, 6.07) is 1.22. The fraction of sp³-hybridized carbons (Fsp3) is 0.615. The van der Waals surface area contributed by atoms with Crippen LogP contribution in [0, 0.1) is 17.8 Å². The molecule has 2 N–H and O–H groups in total. The van der Waals surface area contributed by atoms with Gasteiger partial charge in [0.25, 0.3) is 0 Å². The van der Waals surface area contributed by atoms with Crippen LogP contribution in [0.25, 0.3) is 0 Å². The minimum Gasteiger partial charge on any atom is -0.477 e. The maximum absolute atomic E-state index is 12.2. The van der Waals surface area contributed by atoms with Crippen LogP contribution in [0.1, 0.15) is 35.4 Å². The van der Waals surface area contributed by atoms with Crippen LogP contribution in [0.5, 0.6) is 0 Å². The number of thiophene rings is 1. The molecule has 1 aromatic heterocycles. The van der Waals surface area contributed by atoms with Crippen molar-refractivity contribution in [2.75, 3.05) is 6.54 Å². The van der Waals surface area contributed by atoms with Gasteiger partial charge in [-0.25, -0.2) is 17.9 Å². The number of carboxylic acid groups (broad SMARTS) is 1. The second kappa shape index (κ2) is 5.13. The molecular formula is C13H17NO4S2. The second-order valence-electron chi connectivity index (χ2n) is 5.64. The van der Waals surface area contributed by atoms with E-state index < -0.39 is 16.0 Å². The predicted molar refractivity (Wildman–Crippen MR) is 75.4 cm³/mol. The molecule has 7 heteroatoms. The van der Waals surface area contributed by atoms with Crippen LogP contribution in [-0.2, 0) is 10.0 Å². The van der Waals surface area contributed by atoms with Gasteiger partial charge in [-0.15, -0.1) is 11.3 Å². The van der Waals surface area contributed by atoms with Crippen molar-refractivity contribution in [1.29, 1.82) is 0 Å². The molecule has 0 atom stereocenters. The Labute approximate surface area is 122 Å². The van der Waals surface area contributed by atoms with Gasteiger partial charge in [-0.1, -0.05) is 0 Å². The van der Waals surface area contributed by atoms with Gasteiger partial charge in [-0.2, -0.15) is 0 Å². The lowest BCUT2D eigenvalue weighted by Gasteiger charge is -2.15. The van der Waals surface area contributed by atoms with Gasteiger partial charge >= 0.3 is 5.97 Å². The topological polar surface area (TPSA) is 83.5 Å².